The lowest BCUT2D eigenvalue weighted by atomic mass is 9.97. The van der Waals surface area contributed by atoms with Gasteiger partial charge in [-0.05, 0) is 55.8 Å². The molecule has 0 bridgehead atoms. The maximum Gasteiger partial charge on any atom is 0.127 e. The largest absolute Gasteiger partial charge is 0.314 e. The highest BCUT2D eigenvalue weighted by atomic mass is 35.5. The lowest BCUT2D eigenvalue weighted by Gasteiger charge is -2.20. The molecule has 0 saturated heterocycles. The molecule has 1 nitrogen and oxygen atoms in total. The third kappa shape index (κ3) is 6.40. The third-order valence-electron chi connectivity index (χ3n) is 3.22. The van der Waals surface area contributed by atoms with Crippen LogP contribution in [0.5, 0.6) is 0 Å². The zero-order valence-corrected chi connectivity index (χ0v) is 12.9. The maximum atomic E-state index is 13.7. The van der Waals surface area contributed by atoms with Crippen molar-refractivity contribution >= 4 is 11.6 Å². The first-order chi connectivity index (χ1) is 9.02. The van der Waals surface area contributed by atoms with Gasteiger partial charge in [-0.25, -0.2) is 4.39 Å². The molecule has 1 aromatic carbocycles. The van der Waals surface area contributed by atoms with Gasteiger partial charge in [-0.2, -0.15) is 0 Å². The van der Waals surface area contributed by atoms with E-state index in [2.05, 4.69) is 26.1 Å². The van der Waals surface area contributed by atoms with E-state index in [-0.39, 0.29) is 5.82 Å². The first kappa shape index (κ1) is 16.5. The Balaban J connectivity index is 2.54. The number of rotatable bonds is 8. The Morgan fingerprint density at radius 2 is 2.05 bits per heavy atom. The summed E-state index contributed by atoms with van der Waals surface area (Å²) < 4.78 is 13.7. The van der Waals surface area contributed by atoms with Crippen molar-refractivity contribution in [3.63, 3.8) is 0 Å². The van der Waals surface area contributed by atoms with Crippen LogP contribution in [0.25, 0.3) is 0 Å². The van der Waals surface area contributed by atoms with E-state index in [0.29, 0.717) is 17.0 Å². The molecule has 1 atom stereocenters. The topological polar surface area (TPSA) is 12.0 Å². The van der Waals surface area contributed by atoms with Crippen molar-refractivity contribution in [3.8, 4) is 0 Å². The van der Waals surface area contributed by atoms with E-state index in [9.17, 15) is 4.39 Å². The van der Waals surface area contributed by atoms with E-state index in [1.54, 1.807) is 12.1 Å². The molecule has 19 heavy (non-hydrogen) atoms. The van der Waals surface area contributed by atoms with Crippen LogP contribution >= 0.6 is 11.6 Å². The number of benzene rings is 1. The second kappa shape index (κ2) is 8.55. The van der Waals surface area contributed by atoms with Gasteiger partial charge in [-0.3, -0.25) is 0 Å². The van der Waals surface area contributed by atoms with Gasteiger partial charge in [-0.1, -0.05) is 38.4 Å². The predicted octanol–water partition coefficient (Wildman–Crippen LogP) is 4.83. The Hall–Kier alpha value is -0.600. The Labute approximate surface area is 121 Å². The minimum atomic E-state index is -0.189. The molecule has 3 heteroatoms. The summed E-state index contributed by atoms with van der Waals surface area (Å²) in [5, 5.41) is 4.02. The molecule has 0 fully saturated rings. The SMILES string of the molecule is CCCNC(CCc1ccc(Cl)cc1F)CC(C)C. The summed E-state index contributed by atoms with van der Waals surface area (Å²) in [6, 6.07) is 5.42. The molecule has 0 aliphatic carbocycles. The smallest absolute Gasteiger partial charge is 0.127 e. The summed E-state index contributed by atoms with van der Waals surface area (Å²) >= 11 is 5.76. The third-order valence-corrected chi connectivity index (χ3v) is 3.45. The average Bonchev–Trinajstić information content (AvgIpc) is 2.33. The molecule has 0 spiro atoms. The summed E-state index contributed by atoms with van der Waals surface area (Å²) in [5.41, 5.74) is 0.761. The first-order valence-electron chi connectivity index (χ1n) is 7.20. The fourth-order valence-corrected chi connectivity index (χ4v) is 2.43. The van der Waals surface area contributed by atoms with Crippen LogP contribution in [0.15, 0.2) is 18.2 Å². The highest BCUT2D eigenvalue weighted by molar-refractivity contribution is 6.30. The zero-order chi connectivity index (χ0) is 14.3. The van der Waals surface area contributed by atoms with Crippen molar-refractivity contribution in [2.24, 2.45) is 5.92 Å². The van der Waals surface area contributed by atoms with Crippen LogP contribution in [0.1, 0.15) is 45.6 Å². The molecule has 0 aliphatic heterocycles. The van der Waals surface area contributed by atoms with Gasteiger partial charge in [0, 0.05) is 11.1 Å². The second-order valence-corrected chi connectivity index (χ2v) is 5.99. The molecule has 0 saturated carbocycles. The van der Waals surface area contributed by atoms with Crippen LogP contribution < -0.4 is 5.32 Å². The number of hydrogen-bond donors (Lipinski definition) is 1. The fourth-order valence-electron chi connectivity index (χ4n) is 2.27. The minimum Gasteiger partial charge on any atom is -0.314 e. The number of hydrogen-bond acceptors (Lipinski definition) is 1. The molecule has 1 N–H and O–H groups in total. The summed E-state index contributed by atoms with van der Waals surface area (Å²) in [5.74, 6) is 0.468. The molecule has 108 valence electrons. The van der Waals surface area contributed by atoms with Crippen molar-refractivity contribution in [2.45, 2.75) is 52.5 Å². The standard InChI is InChI=1S/C16H25ClFN/c1-4-9-19-15(10-12(2)3)8-6-13-5-7-14(17)11-16(13)18/h5,7,11-12,15,19H,4,6,8-10H2,1-3H3. The average molecular weight is 286 g/mol. The molecule has 0 aliphatic rings. The Morgan fingerprint density at radius 1 is 1.32 bits per heavy atom. The molecular weight excluding hydrogens is 261 g/mol. The Morgan fingerprint density at radius 3 is 2.63 bits per heavy atom. The van der Waals surface area contributed by atoms with Crippen LogP contribution in [-0.2, 0) is 6.42 Å². The van der Waals surface area contributed by atoms with Crippen molar-refractivity contribution in [2.75, 3.05) is 6.54 Å². The maximum absolute atomic E-state index is 13.7. The van der Waals surface area contributed by atoms with Crippen molar-refractivity contribution in [1.82, 2.24) is 5.32 Å². The van der Waals surface area contributed by atoms with Crippen LogP contribution in [0, 0.1) is 11.7 Å². The van der Waals surface area contributed by atoms with E-state index in [4.69, 9.17) is 11.6 Å². The Kier molecular flexibility index (Phi) is 7.40. The van der Waals surface area contributed by atoms with Gasteiger partial charge >= 0.3 is 0 Å². The number of aryl methyl sites for hydroxylation is 1. The monoisotopic (exact) mass is 285 g/mol. The van der Waals surface area contributed by atoms with Crippen molar-refractivity contribution in [3.05, 3.63) is 34.6 Å². The summed E-state index contributed by atoms with van der Waals surface area (Å²) in [7, 11) is 0. The van der Waals surface area contributed by atoms with Gasteiger partial charge in [0.05, 0.1) is 0 Å². The van der Waals surface area contributed by atoms with Gasteiger partial charge < -0.3 is 5.32 Å². The highest BCUT2D eigenvalue weighted by Gasteiger charge is 2.11. The lowest BCUT2D eigenvalue weighted by molar-refractivity contribution is 0.397. The van der Waals surface area contributed by atoms with Gasteiger partial charge in [0.1, 0.15) is 5.82 Å². The number of nitrogens with one attached hydrogen (secondary N) is 1. The summed E-state index contributed by atoms with van der Waals surface area (Å²) in [6.45, 7) is 7.64. The zero-order valence-electron chi connectivity index (χ0n) is 12.2. The number of halogens is 2. The van der Waals surface area contributed by atoms with E-state index in [0.717, 1.165) is 37.8 Å². The van der Waals surface area contributed by atoms with Crippen LogP contribution in [-0.4, -0.2) is 12.6 Å². The van der Waals surface area contributed by atoms with E-state index in [1.807, 2.05) is 0 Å². The first-order valence-corrected chi connectivity index (χ1v) is 7.58. The van der Waals surface area contributed by atoms with Gasteiger partial charge in [0.25, 0.3) is 0 Å². The molecule has 0 aromatic heterocycles. The molecule has 0 amide bonds. The molecule has 1 unspecified atom stereocenters. The van der Waals surface area contributed by atoms with E-state index in [1.165, 1.54) is 6.07 Å². The van der Waals surface area contributed by atoms with Gasteiger partial charge in [0.15, 0.2) is 0 Å². The Bertz CT molecular complexity index is 379. The molecule has 0 heterocycles. The van der Waals surface area contributed by atoms with Crippen LogP contribution in [0.2, 0.25) is 5.02 Å². The minimum absolute atomic E-state index is 0.189. The van der Waals surface area contributed by atoms with Gasteiger partial charge in [0.2, 0.25) is 0 Å². The second-order valence-electron chi connectivity index (χ2n) is 5.56. The van der Waals surface area contributed by atoms with E-state index < -0.39 is 0 Å². The fraction of sp³-hybridized carbons (Fsp3) is 0.625. The summed E-state index contributed by atoms with van der Waals surface area (Å²) in [4.78, 5) is 0. The molecule has 1 rings (SSSR count). The molecule has 1 aromatic rings. The normalized spacial score (nSPS) is 12.9. The highest BCUT2D eigenvalue weighted by Crippen LogP contribution is 2.18. The van der Waals surface area contributed by atoms with Crippen LogP contribution in [0.3, 0.4) is 0 Å². The quantitative estimate of drug-likeness (QED) is 0.722. The van der Waals surface area contributed by atoms with Crippen molar-refractivity contribution in [1.29, 1.82) is 0 Å². The molecule has 0 radical (unpaired) electrons. The molecular formula is C16H25ClFN. The van der Waals surface area contributed by atoms with E-state index >= 15 is 0 Å². The van der Waals surface area contributed by atoms with Crippen molar-refractivity contribution < 1.29 is 4.39 Å². The predicted molar refractivity (Wildman–Crippen MR) is 81.3 cm³/mol. The summed E-state index contributed by atoms with van der Waals surface area (Å²) in [6.07, 6.45) is 3.99. The van der Waals surface area contributed by atoms with Crippen LogP contribution in [0.4, 0.5) is 4.39 Å². The van der Waals surface area contributed by atoms with Gasteiger partial charge in [-0.15, -0.1) is 0 Å². The lowest BCUT2D eigenvalue weighted by Crippen LogP contribution is -2.31.